The van der Waals surface area contributed by atoms with Gasteiger partial charge in [0.05, 0.1) is 6.42 Å². The molecule has 0 unspecified atom stereocenters. The van der Waals surface area contributed by atoms with Gasteiger partial charge in [-0.2, -0.15) is 0 Å². The Balaban J connectivity index is 0.00000450. The molecule has 0 spiro atoms. The molecule has 0 bridgehead atoms. The van der Waals surface area contributed by atoms with Crippen molar-refractivity contribution in [1.29, 1.82) is 0 Å². The minimum Gasteiger partial charge on any atom is -0.381 e. The van der Waals surface area contributed by atoms with E-state index in [1.165, 1.54) is 12.1 Å². The van der Waals surface area contributed by atoms with Crippen LogP contribution in [0.15, 0.2) is 29.3 Å². The fraction of sp³-hybridized carbons (Fsp3) is 0.619. The fourth-order valence-electron chi connectivity index (χ4n) is 3.00. The highest BCUT2D eigenvalue weighted by Crippen LogP contribution is 2.14. The van der Waals surface area contributed by atoms with E-state index in [0.29, 0.717) is 25.0 Å². The molecule has 1 aliphatic rings. The van der Waals surface area contributed by atoms with Crippen LogP contribution in [0.5, 0.6) is 0 Å². The number of ether oxygens (including phenoxy) is 2. The van der Waals surface area contributed by atoms with E-state index in [2.05, 4.69) is 20.9 Å². The van der Waals surface area contributed by atoms with Gasteiger partial charge in [0, 0.05) is 53.1 Å². The monoisotopic (exact) mass is 536 g/mol. The highest BCUT2D eigenvalue weighted by atomic mass is 127. The molecule has 9 heteroatoms. The second kappa shape index (κ2) is 16.3. The lowest BCUT2D eigenvalue weighted by Gasteiger charge is -2.21. The molecule has 1 fully saturated rings. The largest absolute Gasteiger partial charge is 0.381 e. The Hall–Kier alpha value is -1.46. The standard InChI is InChI=1S/C21H33FN4O3.HI/c1-23-21(25-9-2-12-29-16-18-7-13-28-14-8-18)26-11-10-24-20(27)15-17-3-5-19(22)6-4-17;/h3-6,18H,2,7-16H2,1H3,(H,24,27)(H2,23,25,26);1H. The van der Waals surface area contributed by atoms with Crippen molar-refractivity contribution in [2.75, 3.05) is 53.1 Å². The highest BCUT2D eigenvalue weighted by molar-refractivity contribution is 14.0. The van der Waals surface area contributed by atoms with Crippen molar-refractivity contribution >= 4 is 35.8 Å². The molecule has 30 heavy (non-hydrogen) atoms. The van der Waals surface area contributed by atoms with Crippen LogP contribution >= 0.6 is 24.0 Å². The van der Waals surface area contributed by atoms with E-state index in [1.54, 1.807) is 19.2 Å². The molecule has 1 aliphatic heterocycles. The van der Waals surface area contributed by atoms with Gasteiger partial charge in [-0.05, 0) is 42.9 Å². The van der Waals surface area contributed by atoms with E-state index in [0.717, 1.165) is 57.8 Å². The van der Waals surface area contributed by atoms with Gasteiger partial charge in [-0.15, -0.1) is 24.0 Å². The Labute approximate surface area is 195 Å². The van der Waals surface area contributed by atoms with Crippen molar-refractivity contribution in [1.82, 2.24) is 16.0 Å². The third kappa shape index (κ3) is 11.7. The van der Waals surface area contributed by atoms with Gasteiger partial charge in [0.15, 0.2) is 5.96 Å². The normalized spacial score (nSPS) is 14.7. The van der Waals surface area contributed by atoms with Gasteiger partial charge in [0.1, 0.15) is 5.82 Å². The van der Waals surface area contributed by atoms with Crippen molar-refractivity contribution in [3.8, 4) is 0 Å². The molecule has 0 radical (unpaired) electrons. The molecule has 1 saturated heterocycles. The number of halogens is 2. The summed E-state index contributed by atoms with van der Waals surface area (Å²) in [4.78, 5) is 16.1. The first kappa shape index (κ1) is 26.6. The quantitative estimate of drug-likeness (QED) is 0.175. The van der Waals surface area contributed by atoms with Gasteiger partial charge < -0.3 is 25.4 Å². The summed E-state index contributed by atoms with van der Waals surface area (Å²) in [7, 11) is 1.71. The number of amides is 1. The van der Waals surface area contributed by atoms with E-state index >= 15 is 0 Å². The minimum absolute atomic E-state index is 0. The maximum atomic E-state index is 12.9. The smallest absolute Gasteiger partial charge is 0.224 e. The van der Waals surface area contributed by atoms with E-state index < -0.39 is 0 Å². The third-order valence-corrected chi connectivity index (χ3v) is 4.69. The molecular weight excluding hydrogens is 502 g/mol. The summed E-state index contributed by atoms with van der Waals surface area (Å²) in [6, 6.07) is 5.95. The van der Waals surface area contributed by atoms with Gasteiger partial charge in [0.2, 0.25) is 5.91 Å². The summed E-state index contributed by atoms with van der Waals surface area (Å²) in [5, 5.41) is 9.22. The highest BCUT2D eigenvalue weighted by Gasteiger charge is 2.13. The number of carbonyl (C=O) groups is 1. The number of rotatable bonds is 11. The number of guanidine groups is 1. The molecule has 0 aliphatic carbocycles. The minimum atomic E-state index is -0.303. The first-order valence-corrected chi connectivity index (χ1v) is 10.3. The Morgan fingerprint density at radius 1 is 1.13 bits per heavy atom. The van der Waals surface area contributed by atoms with Crippen LogP contribution in [-0.4, -0.2) is 65.0 Å². The van der Waals surface area contributed by atoms with Gasteiger partial charge in [-0.3, -0.25) is 9.79 Å². The van der Waals surface area contributed by atoms with Crippen LogP contribution in [-0.2, 0) is 20.7 Å². The number of benzene rings is 1. The van der Waals surface area contributed by atoms with Crippen molar-refractivity contribution in [2.24, 2.45) is 10.9 Å². The summed E-state index contributed by atoms with van der Waals surface area (Å²) >= 11 is 0. The van der Waals surface area contributed by atoms with Crippen molar-refractivity contribution in [2.45, 2.75) is 25.7 Å². The van der Waals surface area contributed by atoms with E-state index in [1.807, 2.05) is 0 Å². The summed E-state index contributed by atoms with van der Waals surface area (Å²) in [6.07, 6.45) is 3.32. The van der Waals surface area contributed by atoms with Crippen LogP contribution in [0.2, 0.25) is 0 Å². The lowest BCUT2D eigenvalue weighted by Crippen LogP contribution is -2.42. The van der Waals surface area contributed by atoms with Gasteiger partial charge in [0.25, 0.3) is 0 Å². The lowest BCUT2D eigenvalue weighted by atomic mass is 10.0. The Kier molecular flexibility index (Phi) is 14.4. The second-order valence-corrected chi connectivity index (χ2v) is 7.06. The summed E-state index contributed by atoms with van der Waals surface area (Å²) in [5.74, 6) is 0.929. The average molecular weight is 536 g/mol. The molecule has 1 amide bonds. The van der Waals surface area contributed by atoms with E-state index in [4.69, 9.17) is 9.47 Å². The summed E-state index contributed by atoms with van der Waals surface area (Å²) in [5.41, 5.74) is 0.786. The van der Waals surface area contributed by atoms with Crippen LogP contribution in [0.4, 0.5) is 4.39 Å². The molecule has 1 aromatic carbocycles. The van der Waals surface area contributed by atoms with Crippen LogP contribution < -0.4 is 16.0 Å². The number of carbonyl (C=O) groups excluding carboxylic acids is 1. The van der Waals surface area contributed by atoms with Crippen molar-refractivity contribution in [3.05, 3.63) is 35.6 Å². The summed E-state index contributed by atoms with van der Waals surface area (Å²) in [6.45, 7) is 5.05. The number of nitrogens with zero attached hydrogens (tertiary/aromatic N) is 1. The maximum Gasteiger partial charge on any atom is 0.224 e. The van der Waals surface area contributed by atoms with Gasteiger partial charge in [-0.1, -0.05) is 12.1 Å². The number of hydrogen-bond donors (Lipinski definition) is 3. The lowest BCUT2D eigenvalue weighted by molar-refractivity contribution is -0.120. The third-order valence-electron chi connectivity index (χ3n) is 4.69. The van der Waals surface area contributed by atoms with Crippen LogP contribution in [0.3, 0.4) is 0 Å². The molecule has 0 atom stereocenters. The predicted molar refractivity (Wildman–Crippen MR) is 127 cm³/mol. The van der Waals surface area contributed by atoms with E-state index in [9.17, 15) is 9.18 Å². The number of hydrogen-bond acceptors (Lipinski definition) is 4. The van der Waals surface area contributed by atoms with Gasteiger partial charge in [-0.25, -0.2) is 4.39 Å². The molecule has 0 aromatic heterocycles. The molecule has 1 aromatic rings. The SMILES string of the molecule is CN=C(NCCCOCC1CCOCC1)NCCNC(=O)Cc1ccc(F)cc1.I. The molecular formula is C21H34FIN4O3. The zero-order valence-electron chi connectivity index (χ0n) is 17.6. The topological polar surface area (TPSA) is 84.0 Å². The van der Waals surface area contributed by atoms with Gasteiger partial charge >= 0.3 is 0 Å². The molecule has 170 valence electrons. The van der Waals surface area contributed by atoms with Crippen molar-refractivity contribution in [3.63, 3.8) is 0 Å². The van der Waals surface area contributed by atoms with Crippen molar-refractivity contribution < 1.29 is 18.7 Å². The zero-order valence-corrected chi connectivity index (χ0v) is 20.0. The molecule has 7 nitrogen and oxygen atoms in total. The van der Waals surface area contributed by atoms with Crippen LogP contribution in [0.1, 0.15) is 24.8 Å². The predicted octanol–water partition coefficient (Wildman–Crippen LogP) is 2.10. The van der Waals surface area contributed by atoms with Crippen LogP contribution in [0, 0.1) is 11.7 Å². The van der Waals surface area contributed by atoms with E-state index in [-0.39, 0.29) is 42.1 Å². The molecule has 0 saturated carbocycles. The fourth-order valence-corrected chi connectivity index (χ4v) is 3.00. The second-order valence-electron chi connectivity index (χ2n) is 7.06. The Morgan fingerprint density at radius 3 is 2.50 bits per heavy atom. The Bertz CT molecular complexity index is 625. The number of aliphatic imine (C=N–C) groups is 1. The summed E-state index contributed by atoms with van der Waals surface area (Å²) < 4.78 is 24.0. The molecule has 1 heterocycles. The van der Waals surface area contributed by atoms with Crippen LogP contribution in [0.25, 0.3) is 0 Å². The average Bonchev–Trinajstić information content (AvgIpc) is 2.74. The Morgan fingerprint density at radius 2 is 1.80 bits per heavy atom. The first-order chi connectivity index (χ1) is 14.2. The zero-order chi connectivity index (χ0) is 20.7. The molecule has 2 rings (SSSR count). The first-order valence-electron chi connectivity index (χ1n) is 10.3. The maximum absolute atomic E-state index is 12.9. The molecule has 3 N–H and O–H groups in total. The number of nitrogens with one attached hydrogen (secondary N) is 3.